The van der Waals surface area contributed by atoms with Crippen LogP contribution in [0.4, 0.5) is 0 Å². The number of aryl methyl sites for hydroxylation is 1. The molecule has 4 rings (SSSR count). The fraction of sp³-hybridized carbons (Fsp3) is 0.273. The number of rotatable bonds is 4. The highest BCUT2D eigenvalue weighted by molar-refractivity contribution is 7.89. The van der Waals surface area contributed by atoms with Crippen LogP contribution in [0.5, 0.6) is 5.75 Å². The SMILES string of the molecule is COc1ccc(S(=O)(=O)N2CCN(C(=O)c3c/c(=N\O)c4ccc(C)cc4o3)CC2)cc1. The molecule has 2 heterocycles. The summed E-state index contributed by atoms with van der Waals surface area (Å²) >= 11 is 0. The Hall–Kier alpha value is -3.37. The molecule has 0 bridgehead atoms. The molecule has 2 aromatic carbocycles. The van der Waals surface area contributed by atoms with Gasteiger partial charge in [-0.3, -0.25) is 4.79 Å². The second kappa shape index (κ2) is 8.64. The third-order valence-electron chi connectivity index (χ3n) is 5.44. The van der Waals surface area contributed by atoms with Crippen molar-refractivity contribution in [3.05, 3.63) is 65.2 Å². The van der Waals surface area contributed by atoms with E-state index in [-0.39, 0.29) is 48.1 Å². The van der Waals surface area contributed by atoms with Crippen molar-refractivity contribution in [3.8, 4) is 5.75 Å². The van der Waals surface area contributed by atoms with Crippen molar-refractivity contribution in [1.82, 2.24) is 9.21 Å². The van der Waals surface area contributed by atoms with Crippen molar-refractivity contribution in [2.24, 2.45) is 5.16 Å². The molecule has 9 nitrogen and oxygen atoms in total. The van der Waals surface area contributed by atoms with Gasteiger partial charge in [0.2, 0.25) is 10.0 Å². The van der Waals surface area contributed by atoms with Gasteiger partial charge in [0.05, 0.1) is 12.0 Å². The first-order chi connectivity index (χ1) is 15.3. The monoisotopic (exact) mass is 457 g/mol. The maximum atomic E-state index is 13.0. The molecule has 0 unspecified atom stereocenters. The largest absolute Gasteiger partial charge is 0.497 e. The first-order valence-electron chi connectivity index (χ1n) is 9.99. The smallest absolute Gasteiger partial charge is 0.289 e. The first kappa shape index (κ1) is 21.8. The van der Waals surface area contributed by atoms with Crippen molar-refractivity contribution in [2.75, 3.05) is 33.3 Å². The maximum absolute atomic E-state index is 13.0. The standard InChI is InChI=1S/C22H23N3O6S/c1-15-3-8-18-19(23-27)14-21(31-20(18)13-15)22(26)24-9-11-25(12-10-24)32(28,29)17-6-4-16(30-2)5-7-17/h3-8,13-14,27H,9-12H2,1-2H3/b23-19+. The summed E-state index contributed by atoms with van der Waals surface area (Å²) in [6.07, 6.45) is 0. The quantitative estimate of drug-likeness (QED) is 0.475. The maximum Gasteiger partial charge on any atom is 0.289 e. The number of sulfonamides is 1. The van der Waals surface area contributed by atoms with Crippen molar-refractivity contribution in [1.29, 1.82) is 0 Å². The van der Waals surface area contributed by atoms with Crippen molar-refractivity contribution < 1.29 is 27.6 Å². The Balaban J connectivity index is 1.52. The van der Waals surface area contributed by atoms with Crippen LogP contribution >= 0.6 is 0 Å². The molecule has 1 aliphatic rings. The minimum absolute atomic E-state index is 0.0300. The average molecular weight is 458 g/mol. The molecule has 1 saturated heterocycles. The molecule has 1 N–H and O–H groups in total. The van der Waals surface area contributed by atoms with E-state index in [1.807, 2.05) is 13.0 Å². The Morgan fingerprint density at radius 1 is 1.06 bits per heavy atom. The minimum Gasteiger partial charge on any atom is -0.497 e. The summed E-state index contributed by atoms with van der Waals surface area (Å²) in [5.74, 6) is 0.213. The van der Waals surface area contributed by atoms with Crippen LogP contribution in [0.15, 0.2) is 63.0 Å². The van der Waals surface area contributed by atoms with Gasteiger partial charge in [-0.2, -0.15) is 4.31 Å². The van der Waals surface area contributed by atoms with E-state index in [9.17, 15) is 18.4 Å². The van der Waals surface area contributed by atoms with Crippen molar-refractivity contribution >= 4 is 26.9 Å². The zero-order chi connectivity index (χ0) is 22.9. The fourth-order valence-electron chi connectivity index (χ4n) is 3.65. The molecule has 0 aliphatic carbocycles. The molecule has 0 atom stereocenters. The zero-order valence-electron chi connectivity index (χ0n) is 17.7. The van der Waals surface area contributed by atoms with Gasteiger partial charge in [0, 0.05) is 37.6 Å². The van der Waals surface area contributed by atoms with Crippen LogP contribution in [-0.4, -0.2) is 62.0 Å². The first-order valence-corrected chi connectivity index (χ1v) is 11.4. The van der Waals surface area contributed by atoms with Gasteiger partial charge in [0.25, 0.3) is 5.91 Å². The lowest BCUT2D eigenvalue weighted by Crippen LogP contribution is -2.50. The highest BCUT2D eigenvalue weighted by atomic mass is 32.2. The van der Waals surface area contributed by atoms with E-state index in [0.717, 1.165) is 5.56 Å². The zero-order valence-corrected chi connectivity index (χ0v) is 18.5. The highest BCUT2D eigenvalue weighted by Crippen LogP contribution is 2.22. The lowest BCUT2D eigenvalue weighted by molar-refractivity contribution is 0.0666. The molecule has 1 aliphatic heterocycles. The number of hydrogen-bond donors (Lipinski definition) is 1. The Morgan fingerprint density at radius 2 is 1.75 bits per heavy atom. The van der Waals surface area contributed by atoms with Crippen molar-refractivity contribution in [2.45, 2.75) is 11.8 Å². The summed E-state index contributed by atoms with van der Waals surface area (Å²) < 4.78 is 38.0. The van der Waals surface area contributed by atoms with E-state index in [2.05, 4.69) is 5.16 Å². The number of methoxy groups -OCH3 is 1. The van der Waals surface area contributed by atoms with Crippen LogP contribution in [0.3, 0.4) is 0 Å². The molecule has 3 aromatic rings. The van der Waals surface area contributed by atoms with E-state index >= 15 is 0 Å². The predicted molar refractivity (Wildman–Crippen MR) is 116 cm³/mol. The summed E-state index contributed by atoms with van der Waals surface area (Å²) in [7, 11) is -2.16. The van der Waals surface area contributed by atoms with Gasteiger partial charge < -0.3 is 19.3 Å². The van der Waals surface area contributed by atoms with Crippen LogP contribution in [-0.2, 0) is 10.0 Å². The lowest BCUT2D eigenvalue weighted by atomic mass is 10.1. The Labute approximate surface area is 185 Å². The van der Waals surface area contributed by atoms with Gasteiger partial charge in [-0.1, -0.05) is 11.2 Å². The number of carbonyl (C=O) groups excluding carboxylic acids is 1. The van der Waals surface area contributed by atoms with Crippen LogP contribution in [0, 0.1) is 6.92 Å². The number of hydrogen-bond acceptors (Lipinski definition) is 7. The van der Waals surface area contributed by atoms with Crippen LogP contribution in [0.25, 0.3) is 11.0 Å². The van der Waals surface area contributed by atoms with Crippen LogP contribution in [0.2, 0.25) is 0 Å². The van der Waals surface area contributed by atoms with E-state index in [0.29, 0.717) is 16.7 Å². The summed E-state index contributed by atoms with van der Waals surface area (Å²) in [4.78, 5) is 14.7. The second-order valence-electron chi connectivity index (χ2n) is 7.47. The fourth-order valence-corrected chi connectivity index (χ4v) is 5.07. The van der Waals surface area contributed by atoms with Gasteiger partial charge in [-0.05, 0) is 48.9 Å². The number of nitrogens with zero attached hydrogens (tertiary/aromatic N) is 3. The minimum atomic E-state index is -3.68. The molecule has 0 saturated carbocycles. The summed E-state index contributed by atoms with van der Waals surface area (Å²) in [6.45, 7) is 2.62. The summed E-state index contributed by atoms with van der Waals surface area (Å²) in [5, 5.41) is 13.5. The molecule has 1 aromatic heterocycles. The van der Waals surface area contributed by atoms with Gasteiger partial charge in [-0.25, -0.2) is 8.42 Å². The topological polar surface area (TPSA) is 113 Å². The number of carbonyl (C=O) groups is 1. The Kier molecular flexibility index (Phi) is 5.90. The number of ether oxygens (including phenoxy) is 1. The number of benzene rings is 2. The molecule has 168 valence electrons. The van der Waals surface area contributed by atoms with Crippen LogP contribution < -0.4 is 10.1 Å². The summed E-state index contributed by atoms with van der Waals surface area (Å²) in [6, 6.07) is 13.0. The van der Waals surface area contributed by atoms with Gasteiger partial charge in [0.1, 0.15) is 16.7 Å². The molecular weight excluding hydrogens is 434 g/mol. The predicted octanol–water partition coefficient (Wildman–Crippen LogP) is 2.19. The highest BCUT2D eigenvalue weighted by Gasteiger charge is 2.31. The molecule has 0 spiro atoms. The van der Waals surface area contributed by atoms with E-state index in [1.165, 1.54) is 34.5 Å². The molecule has 0 radical (unpaired) electrons. The molecule has 1 amide bonds. The van der Waals surface area contributed by atoms with E-state index < -0.39 is 10.0 Å². The van der Waals surface area contributed by atoms with Gasteiger partial charge >= 0.3 is 0 Å². The van der Waals surface area contributed by atoms with Gasteiger partial charge in [0.15, 0.2) is 5.76 Å². The third-order valence-corrected chi connectivity index (χ3v) is 7.36. The number of fused-ring (bicyclic) bond motifs is 1. The van der Waals surface area contributed by atoms with Gasteiger partial charge in [-0.15, -0.1) is 0 Å². The van der Waals surface area contributed by atoms with E-state index in [1.54, 1.807) is 24.3 Å². The lowest BCUT2D eigenvalue weighted by Gasteiger charge is -2.33. The Bertz CT molecular complexity index is 1320. The molecule has 10 heteroatoms. The molecular formula is C22H23N3O6S. The molecule has 32 heavy (non-hydrogen) atoms. The van der Waals surface area contributed by atoms with Crippen LogP contribution in [0.1, 0.15) is 16.1 Å². The summed E-state index contributed by atoms with van der Waals surface area (Å²) in [5.41, 5.74) is 1.37. The number of amides is 1. The normalized spacial score (nSPS) is 15.8. The van der Waals surface area contributed by atoms with Crippen molar-refractivity contribution in [3.63, 3.8) is 0 Å². The average Bonchev–Trinajstić information content (AvgIpc) is 2.82. The van der Waals surface area contributed by atoms with E-state index in [4.69, 9.17) is 9.15 Å². The number of piperazine rings is 1. The Morgan fingerprint density at radius 3 is 2.38 bits per heavy atom. The third kappa shape index (κ3) is 4.06. The molecule has 1 fully saturated rings. The second-order valence-corrected chi connectivity index (χ2v) is 9.41.